The van der Waals surface area contributed by atoms with E-state index in [1.54, 1.807) is 24.3 Å². The first kappa shape index (κ1) is 15.4. The zero-order chi connectivity index (χ0) is 16.4. The topological polar surface area (TPSA) is 46.6 Å². The van der Waals surface area contributed by atoms with Gasteiger partial charge in [0.25, 0.3) is 11.8 Å². The van der Waals surface area contributed by atoms with Crippen LogP contribution in [0.25, 0.3) is 0 Å². The lowest BCUT2D eigenvalue weighted by molar-refractivity contribution is 0.0607. The van der Waals surface area contributed by atoms with Crippen LogP contribution in [0, 0.1) is 0 Å². The van der Waals surface area contributed by atoms with Crippen molar-refractivity contribution >= 4 is 11.8 Å². The Morgan fingerprint density at radius 2 is 1.39 bits per heavy atom. The highest BCUT2D eigenvalue weighted by atomic mass is 16.5. The molecule has 118 valence electrons. The van der Waals surface area contributed by atoms with Gasteiger partial charge in [0.05, 0.1) is 30.4 Å². The largest absolute Gasteiger partial charge is 0.374 e. The maximum Gasteiger partial charge on any atom is 0.261 e. The van der Waals surface area contributed by atoms with E-state index in [1.165, 1.54) is 4.90 Å². The predicted molar refractivity (Wildman–Crippen MR) is 87.0 cm³/mol. The lowest BCUT2D eigenvalue weighted by Crippen LogP contribution is -2.29. The molecule has 2 amide bonds. The monoisotopic (exact) mass is 309 g/mol. The van der Waals surface area contributed by atoms with Crippen LogP contribution in [0.4, 0.5) is 0 Å². The Bertz CT molecular complexity index is 717. The number of hydrogen-bond donors (Lipinski definition) is 0. The third kappa shape index (κ3) is 3.03. The molecular formula is C19H19NO3. The molecule has 0 atom stereocenters. The van der Waals surface area contributed by atoms with Crippen LogP contribution in [0.2, 0.25) is 0 Å². The van der Waals surface area contributed by atoms with Gasteiger partial charge in [0.1, 0.15) is 0 Å². The van der Waals surface area contributed by atoms with E-state index in [9.17, 15) is 9.59 Å². The minimum absolute atomic E-state index is 0.127. The number of benzene rings is 2. The lowest BCUT2D eigenvalue weighted by Gasteiger charge is -2.17. The molecule has 1 aliphatic rings. The van der Waals surface area contributed by atoms with Crippen LogP contribution in [-0.4, -0.2) is 22.8 Å². The van der Waals surface area contributed by atoms with E-state index in [4.69, 9.17) is 4.74 Å². The molecule has 0 aromatic heterocycles. The summed E-state index contributed by atoms with van der Waals surface area (Å²) < 4.78 is 5.66. The third-order valence-electron chi connectivity index (χ3n) is 3.90. The molecule has 2 aromatic rings. The number of carbonyl (C=O) groups is 2. The van der Waals surface area contributed by atoms with Gasteiger partial charge in [0.15, 0.2) is 0 Å². The SMILES string of the molecule is CC(C)OCc1ccccc1CN1C(=O)c2ccccc2C1=O. The normalized spacial score (nSPS) is 13.8. The van der Waals surface area contributed by atoms with Crippen molar-refractivity contribution < 1.29 is 14.3 Å². The van der Waals surface area contributed by atoms with Crippen LogP contribution in [0.3, 0.4) is 0 Å². The molecule has 0 aliphatic carbocycles. The summed E-state index contributed by atoms with van der Waals surface area (Å²) in [6.45, 7) is 4.69. The first-order valence-electron chi connectivity index (χ1n) is 7.71. The number of carbonyl (C=O) groups excluding carboxylic acids is 2. The van der Waals surface area contributed by atoms with Gasteiger partial charge in [0.2, 0.25) is 0 Å². The Morgan fingerprint density at radius 1 is 0.870 bits per heavy atom. The molecule has 4 nitrogen and oxygen atoms in total. The number of amides is 2. The van der Waals surface area contributed by atoms with Gasteiger partial charge in [0, 0.05) is 0 Å². The Balaban J connectivity index is 1.84. The molecule has 1 aliphatic heterocycles. The molecule has 0 spiro atoms. The van der Waals surface area contributed by atoms with Crippen LogP contribution in [-0.2, 0) is 17.9 Å². The molecule has 23 heavy (non-hydrogen) atoms. The van der Waals surface area contributed by atoms with E-state index in [2.05, 4.69) is 0 Å². The molecule has 4 heteroatoms. The van der Waals surface area contributed by atoms with Gasteiger partial charge in [-0.05, 0) is 37.1 Å². The quantitative estimate of drug-likeness (QED) is 0.795. The lowest BCUT2D eigenvalue weighted by atomic mass is 10.1. The van der Waals surface area contributed by atoms with Crippen molar-refractivity contribution in [3.8, 4) is 0 Å². The van der Waals surface area contributed by atoms with Gasteiger partial charge in [-0.25, -0.2) is 0 Å². The molecule has 0 radical (unpaired) electrons. The smallest absolute Gasteiger partial charge is 0.261 e. The second-order valence-electron chi connectivity index (χ2n) is 5.87. The van der Waals surface area contributed by atoms with Crippen molar-refractivity contribution in [2.45, 2.75) is 33.1 Å². The zero-order valence-electron chi connectivity index (χ0n) is 13.3. The minimum Gasteiger partial charge on any atom is -0.374 e. The summed E-state index contributed by atoms with van der Waals surface area (Å²) in [5, 5.41) is 0. The van der Waals surface area contributed by atoms with Crippen LogP contribution in [0.1, 0.15) is 45.7 Å². The first-order chi connectivity index (χ1) is 11.1. The maximum atomic E-state index is 12.5. The van der Waals surface area contributed by atoms with Crippen molar-refractivity contribution in [1.82, 2.24) is 4.90 Å². The van der Waals surface area contributed by atoms with Crippen LogP contribution in [0.15, 0.2) is 48.5 Å². The summed E-state index contributed by atoms with van der Waals surface area (Å²) in [6.07, 6.45) is 0.127. The molecule has 0 fully saturated rings. The summed E-state index contributed by atoms with van der Waals surface area (Å²) in [6, 6.07) is 14.7. The third-order valence-corrected chi connectivity index (χ3v) is 3.90. The van der Waals surface area contributed by atoms with Crippen LogP contribution < -0.4 is 0 Å². The van der Waals surface area contributed by atoms with E-state index in [0.717, 1.165) is 11.1 Å². The first-order valence-corrected chi connectivity index (χ1v) is 7.71. The fourth-order valence-electron chi connectivity index (χ4n) is 2.66. The molecule has 0 bridgehead atoms. The summed E-state index contributed by atoms with van der Waals surface area (Å²) in [4.78, 5) is 26.2. The molecule has 1 heterocycles. The molecule has 0 unspecified atom stereocenters. The Morgan fingerprint density at radius 3 is 1.96 bits per heavy atom. The standard InChI is InChI=1S/C19H19NO3/c1-13(2)23-12-15-8-4-3-7-14(15)11-20-18(21)16-9-5-6-10-17(16)19(20)22/h3-10,13H,11-12H2,1-2H3. The molecular weight excluding hydrogens is 290 g/mol. The molecule has 3 rings (SSSR count). The summed E-state index contributed by atoms with van der Waals surface area (Å²) in [5.41, 5.74) is 2.89. The molecule has 2 aromatic carbocycles. The van der Waals surface area contributed by atoms with Gasteiger partial charge in [-0.15, -0.1) is 0 Å². The Kier molecular flexibility index (Phi) is 4.26. The van der Waals surface area contributed by atoms with Gasteiger partial charge in [-0.3, -0.25) is 14.5 Å². The van der Waals surface area contributed by atoms with Crippen molar-refractivity contribution in [2.75, 3.05) is 0 Å². The number of rotatable bonds is 5. The number of nitrogens with zero attached hydrogens (tertiary/aromatic N) is 1. The van der Waals surface area contributed by atoms with Gasteiger partial charge in [-0.2, -0.15) is 0 Å². The highest BCUT2D eigenvalue weighted by Gasteiger charge is 2.35. The number of fused-ring (bicyclic) bond motifs is 1. The Labute approximate surface area is 135 Å². The summed E-state index contributed by atoms with van der Waals surface area (Å²) >= 11 is 0. The van der Waals surface area contributed by atoms with Crippen molar-refractivity contribution in [1.29, 1.82) is 0 Å². The van der Waals surface area contributed by atoms with Crippen molar-refractivity contribution in [3.05, 3.63) is 70.8 Å². The van der Waals surface area contributed by atoms with Crippen molar-refractivity contribution in [3.63, 3.8) is 0 Å². The fraction of sp³-hybridized carbons (Fsp3) is 0.263. The minimum atomic E-state index is -0.231. The van der Waals surface area contributed by atoms with Crippen LogP contribution >= 0.6 is 0 Å². The fourth-order valence-corrected chi connectivity index (χ4v) is 2.66. The molecule has 0 saturated carbocycles. The highest BCUT2D eigenvalue weighted by molar-refractivity contribution is 6.21. The number of ether oxygens (including phenoxy) is 1. The number of hydrogen-bond acceptors (Lipinski definition) is 3. The Hall–Kier alpha value is -2.46. The van der Waals surface area contributed by atoms with E-state index < -0.39 is 0 Å². The number of imide groups is 1. The van der Waals surface area contributed by atoms with Gasteiger partial charge in [-0.1, -0.05) is 36.4 Å². The summed E-state index contributed by atoms with van der Waals surface area (Å²) in [7, 11) is 0. The van der Waals surface area contributed by atoms with E-state index in [0.29, 0.717) is 17.7 Å². The predicted octanol–water partition coefficient (Wildman–Crippen LogP) is 3.41. The van der Waals surface area contributed by atoms with E-state index in [-0.39, 0.29) is 24.5 Å². The zero-order valence-corrected chi connectivity index (χ0v) is 13.3. The van der Waals surface area contributed by atoms with Gasteiger partial charge < -0.3 is 4.74 Å². The summed E-state index contributed by atoms with van der Waals surface area (Å²) in [5.74, 6) is -0.463. The van der Waals surface area contributed by atoms with Crippen molar-refractivity contribution in [2.24, 2.45) is 0 Å². The average Bonchev–Trinajstić information content (AvgIpc) is 2.79. The van der Waals surface area contributed by atoms with Crippen LogP contribution in [0.5, 0.6) is 0 Å². The average molecular weight is 309 g/mol. The second-order valence-corrected chi connectivity index (χ2v) is 5.87. The highest BCUT2D eigenvalue weighted by Crippen LogP contribution is 2.25. The molecule has 0 saturated heterocycles. The van der Waals surface area contributed by atoms with E-state index >= 15 is 0 Å². The molecule has 0 N–H and O–H groups in total. The van der Waals surface area contributed by atoms with E-state index in [1.807, 2.05) is 38.1 Å². The second kappa shape index (κ2) is 6.34. The maximum absolute atomic E-state index is 12.5. The van der Waals surface area contributed by atoms with Gasteiger partial charge >= 0.3 is 0 Å².